The topological polar surface area (TPSA) is 68.7 Å². The predicted molar refractivity (Wildman–Crippen MR) is 82.2 cm³/mol. The van der Waals surface area contributed by atoms with Gasteiger partial charge in [0.25, 0.3) is 0 Å². The zero-order valence-electron chi connectivity index (χ0n) is 12.1. The lowest BCUT2D eigenvalue weighted by Gasteiger charge is -2.23. The van der Waals surface area contributed by atoms with Crippen LogP contribution in [0.15, 0.2) is 37.1 Å². The van der Waals surface area contributed by atoms with Crippen molar-refractivity contribution in [3.05, 3.63) is 37.1 Å². The molecule has 0 aromatic carbocycles. The second-order valence-electron chi connectivity index (χ2n) is 5.03. The Morgan fingerprint density at radius 2 is 2.48 bits per heavy atom. The van der Waals surface area contributed by atoms with Crippen LogP contribution >= 0.6 is 0 Å². The molecule has 2 N–H and O–H groups in total. The summed E-state index contributed by atoms with van der Waals surface area (Å²) in [5, 5.41) is 12.0. The van der Waals surface area contributed by atoms with Gasteiger partial charge in [-0.2, -0.15) is 0 Å². The fraction of sp³-hybridized carbons (Fsp3) is 0.467. The van der Waals surface area contributed by atoms with Crippen molar-refractivity contribution in [2.24, 2.45) is 0 Å². The van der Waals surface area contributed by atoms with Crippen LogP contribution in [-0.2, 0) is 0 Å². The molecule has 6 heteroatoms. The molecule has 0 saturated carbocycles. The van der Waals surface area contributed by atoms with Crippen LogP contribution in [0.1, 0.15) is 6.42 Å². The van der Waals surface area contributed by atoms with E-state index in [0.717, 1.165) is 25.3 Å². The molecule has 2 rings (SSSR count). The normalized spacial score (nSPS) is 17.6. The highest BCUT2D eigenvalue weighted by Crippen LogP contribution is 2.17. The van der Waals surface area contributed by atoms with E-state index in [4.69, 9.17) is 5.11 Å². The van der Waals surface area contributed by atoms with Gasteiger partial charge in [0.2, 0.25) is 0 Å². The molecule has 1 unspecified atom stereocenters. The van der Waals surface area contributed by atoms with Crippen molar-refractivity contribution in [2.45, 2.75) is 12.5 Å². The highest BCUT2D eigenvalue weighted by molar-refractivity contribution is 5.75. The van der Waals surface area contributed by atoms with Gasteiger partial charge in [-0.3, -0.25) is 0 Å². The molecule has 2 amide bonds. The molecule has 1 aliphatic rings. The minimum absolute atomic E-state index is 0.0496. The van der Waals surface area contributed by atoms with E-state index in [1.165, 1.54) is 0 Å². The van der Waals surface area contributed by atoms with E-state index in [1.54, 1.807) is 17.2 Å². The first kappa shape index (κ1) is 15.3. The quantitative estimate of drug-likeness (QED) is 0.762. The summed E-state index contributed by atoms with van der Waals surface area (Å²) in [6.45, 7) is 5.96. The Morgan fingerprint density at radius 3 is 3.14 bits per heavy atom. The van der Waals surface area contributed by atoms with Crippen LogP contribution in [-0.4, -0.2) is 59.8 Å². The fourth-order valence-corrected chi connectivity index (χ4v) is 2.45. The van der Waals surface area contributed by atoms with Crippen LogP contribution in [0, 0.1) is 0 Å². The molecule has 1 aromatic rings. The van der Waals surface area contributed by atoms with Gasteiger partial charge >= 0.3 is 6.03 Å². The number of aromatic nitrogens is 1. The molecule has 0 spiro atoms. The first-order chi connectivity index (χ1) is 10.2. The van der Waals surface area contributed by atoms with Gasteiger partial charge in [0, 0.05) is 38.4 Å². The number of rotatable bonds is 6. The zero-order chi connectivity index (χ0) is 15.1. The number of hydrogen-bond donors (Lipinski definition) is 2. The lowest BCUT2D eigenvalue weighted by Crippen LogP contribution is -2.46. The van der Waals surface area contributed by atoms with Crippen LogP contribution in [0.2, 0.25) is 0 Å². The number of pyridine rings is 1. The van der Waals surface area contributed by atoms with Crippen molar-refractivity contribution < 1.29 is 9.90 Å². The van der Waals surface area contributed by atoms with Gasteiger partial charge in [-0.05, 0) is 18.6 Å². The van der Waals surface area contributed by atoms with E-state index >= 15 is 0 Å². The van der Waals surface area contributed by atoms with E-state index in [0.29, 0.717) is 13.1 Å². The second kappa shape index (κ2) is 7.64. The molecule has 21 heavy (non-hydrogen) atoms. The van der Waals surface area contributed by atoms with Crippen molar-refractivity contribution in [3.63, 3.8) is 0 Å². The largest absolute Gasteiger partial charge is 0.395 e. The number of aliphatic hydroxyl groups excluding tert-OH is 1. The van der Waals surface area contributed by atoms with Crippen molar-refractivity contribution in [1.82, 2.24) is 15.2 Å². The van der Waals surface area contributed by atoms with E-state index in [2.05, 4.69) is 21.8 Å². The van der Waals surface area contributed by atoms with Gasteiger partial charge in [0.1, 0.15) is 5.82 Å². The third kappa shape index (κ3) is 4.19. The minimum Gasteiger partial charge on any atom is -0.395 e. The van der Waals surface area contributed by atoms with Gasteiger partial charge in [-0.15, -0.1) is 6.58 Å². The predicted octanol–water partition coefficient (Wildman–Crippen LogP) is 0.850. The number of anilines is 1. The van der Waals surface area contributed by atoms with Gasteiger partial charge in [0.15, 0.2) is 0 Å². The molecule has 1 aliphatic heterocycles. The zero-order valence-corrected chi connectivity index (χ0v) is 12.1. The molecule has 0 bridgehead atoms. The van der Waals surface area contributed by atoms with Crippen LogP contribution in [0.25, 0.3) is 0 Å². The van der Waals surface area contributed by atoms with Crippen LogP contribution < -0.4 is 10.2 Å². The molecule has 0 aliphatic carbocycles. The van der Waals surface area contributed by atoms with Gasteiger partial charge < -0.3 is 20.2 Å². The Bertz CT molecular complexity index is 466. The summed E-state index contributed by atoms with van der Waals surface area (Å²) >= 11 is 0. The maximum Gasteiger partial charge on any atom is 0.318 e. The lowest BCUT2D eigenvalue weighted by molar-refractivity contribution is 0.181. The van der Waals surface area contributed by atoms with Crippen molar-refractivity contribution >= 4 is 11.8 Å². The maximum absolute atomic E-state index is 12.1. The summed E-state index contributed by atoms with van der Waals surface area (Å²) in [6, 6.07) is 5.77. The summed E-state index contributed by atoms with van der Waals surface area (Å²) in [4.78, 5) is 20.2. The number of aliphatic hydroxyl groups is 1. The van der Waals surface area contributed by atoms with Crippen molar-refractivity contribution in [2.75, 3.05) is 37.7 Å². The third-order valence-corrected chi connectivity index (χ3v) is 3.50. The Morgan fingerprint density at radius 1 is 1.62 bits per heavy atom. The Balaban J connectivity index is 1.87. The Kier molecular flexibility index (Phi) is 5.57. The molecule has 1 atom stereocenters. The molecule has 6 nitrogen and oxygen atoms in total. The van der Waals surface area contributed by atoms with Gasteiger partial charge in [0.05, 0.1) is 6.61 Å². The molecule has 114 valence electrons. The second-order valence-corrected chi connectivity index (χ2v) is 5.03. The summed E-state index contributed by atoms with van der Waals surface area (Å²) in [5.41, 5.74) is 0. The van der Waals surface area contributed by atoms with Crippen LogP contribution in [0.5, 0.6) is 0 Å². The molecular weight excluding hydrogens is 268 g/mol. The number of nitrogens with one attached hydrogen (secondary N) is 1. The maximum atomic E-state index is 12.1. The summed E-state index contributed by atoms with van der Waals surface area (Å²) in [5.74, 6) is 0.938. The molecule has 1 fully saturated rings. The summed E-state index contributed by atoms with van der Waals surface area (Å²) in [7, 11) is 0. The van der Waals surface area contributed by atoms with Crippen LogP contribution in [0.3, 0.4) is 0 Å². The Hall–Kier alpha value is -2.08. The van der Waals surface area contributed by atoms with Crippen molar-refractivity contribution in [3.8, 4) is 0 Å². The average molecular weight is 290 g/mol. The SMILES string of the molecule is C=CCN(CCO)C(=O)NC1CCN(c2ccccn2)C1. The summed E-state index contributed by atoms with van der Waals surface area (Å²) in [6.07, 6.45) is 4.32. The molecule has 1 saturated heterocycles. The van der Waals surface area contributed by atoms with Gasteiger partial charge in [-0.1, -0.05) is 12.1 Å². The first-order valence-electron chi connectivity index (χ1n) is 7.17. The standard InChI is InChI=1S/C15H22N4O2/c1-2-8-18(10-11-20)15(21)17-13-6-9-19(12-13)14-5-3-4-7-16-14/h2-5,7,13,20H,1,6,8-12H2,(H,17,21). The monoisotopic (exact) mass is 290 g/mol. The van der Waals surface area contributed by atoms with E-state index in [1.807, 2.05) is 18.2 Å². The number of hydrogen-bond acceptors (Lipinski definition) is 4. The lowest BCUT2D eigenvalue weighted by atomic mass is 10.3. The number of urea groups is 1. The van der Waals surface area contributed by atoms with E-state index < -0.39 is 0 Å². The number of carbonyl (C=O) groups is 1. The van der Waals surface area contributed by atoms with Crippen LogP contribution in [0.4, 0.5) is 10.6 Å². The number of carbonyl (C=O) groups excluding carboxylic acids is 1. The highest BCUT2D eigenvalue weighted by atomic mass is 16.3. The number of amides is 2. The smallest absolute Gasteiger partial charge is 0.318 e. The van der Waals surface area contributed by atoms with Crippen molar-refractivity contribution in [1.29, 1.82) is 0 Å². The highest BCUT2D eigenvalue weighted by Gasteiger charge is 2.25. The molecule has 0 radical (unpaired) electrons. The van der Waals surface area contributed by atoms with E-state index in [9.17, 15) is 4.79 Å². The van der Waals surface area contributed by atoms with Gasteiger partial charge in [-0.25, -0.2) is 9.78 Å². The molecular formula is C15H22N4O2. The fourth-order valence-electron chi connectivity index (χ4n) is 2.45. The number of nitrogens with zero attached hydrogens (tertiary/aromatic N) is 3. The third-order valence-electron chi connectivity index (χ3n) is 3.50. The Labute approximate surface area is 125 Å². The average Bonchev–Trinajstić information content (AvgIpc) is 2.96. The first-order valence-corrected chi connectivity index (χ1v) is 7.17. The summed E-state index contributed by atoms with van der Waals surface area (Å²) < 4.78 is 0. The van der Waals surface area contributed by atoms with E-state index in [-0.39, 0.29) is 18.7 Å². The minimum atomic E-state index is -0.156. The molecule has 1 aromatic heterocycles. The molecule has 2 heterocycles.